The number of nitrogens with two attached hydrogens (primary N) is 1. The number of ketones is 1. The molecule has 0 heterocycles. The molecule has 0 fully saturated rings. The molecule has 0 spiro atoms. The van der Waals surface area contributed by atoms with Gasteiger partial charge in [0.15, 0.2) is 5.78 Å². The topological polar surface area (TPSA) is 111 Å². The van der Waals surface area contributed by atoms with Gasteiger partial charge in [-0.15, -0.1) is 0 Å². The zero-order chi connectivity index (χ0) is 12.4. The van der Waals surface area contributed by atoms with Crippen molar-refractivity contribution in [2.45, 2.75) is 19.8 Å². The number of nitrogens with one attached hydrogen (secondary N) is 2. The number of Topliss-reactive ketones (excluding diaryl/α,β-unsaturated/α-hetero) is 1. The van der Waals surface area contributed by atoms with Gasteiger partial charge in [0.05, 0.1) is 13.1 Å². The Kier molecular flexibility index (Phi) is 8.00. The molecule has 0 aliphatic heterocycles. The minimum Gasteiger partial charge on any atom is -0.347 e. The Morgan fingerprint density at radius 2 is 1.75 bits per heavy atom. The summed E-state index contributed by atoms with van der Waals surface area (Å²) in [6.07, 6.45) is 1.19. The number of amides is 2. The third kappa shape index (κ3) is 7.89. The third-order valence-corrected chi connectivity index (χ3v) is 1.67. The molecule has 0 bridgehead atoms. The molecule has 0 aromatic rings. The Morgan fingerprint density at radius 3 is 2.31 bits per heavy atom. The minimum absolute atomic E-state index is 0.00404. The van der Waals surface area contributed by atoms with Gasteiger partial charge in [0.25, 0.3) is 0 Å². The molecule has 4 N–H and O–H groups in total. The first-order valence-electron chi connectivity index (χ1n) is 4.97. The van der Waals surface area contributed by atoms with Crippen LogP contribution in [0.15, 0.2) is 0 Å². The van der Waals surface area contributed by atoms with Crippen molar-refractivity contribution < 1.29 is 19.2 Å². The third-order valence-electron chi connectivity index (χ3n) is 1.67. The van der Waals surface area contributed by atoms with Crippen molar-refractivity contribution in [2.24, 2.45) is 5.90 Å². The number of rotatable bonds is 8. The summed E-state index contributed by atoms with van der Waals surface area (Å²) in [6.45, 7) is 1.38. The standard InChI is InChI=1S/C9H17N3O4/c1-2-3-7(13)4-11-8(14)5-12-9(15)6-16-10/h2-6,10H2,1H3,(H,11,14)(H,12,15). The van der Waals surface area contributed by atoms with E-state index in [0.29, 0.717) is 6.42 Å². The largest absolute Gasteiger partial charge is 0.347 e. The highest BCUT2D eigenvalue weighted by Gasteiger charge is 2.06. The zero-order valence-electron chi connectivity index (χ0n) is 9.25. The van der Waals surface area contributed by atoms with Crippen LogP contribution < -0.4 is 16.5 Å². The SMILES string of the molecule is CCCC(=O)CNC(=O)CNC(=O)CON. The second kappa shape index (κ2) is 8.81. The molecular weight excluding hydrogens is 214 g/mol. The van der Waals surface area contributed by atoms with Gasteiger partial charge in [-0.25, -0.2) is 5.90 Å². The van der Waals surface area contributed by atoms with E-state index in [1.54, 1.807) is 0 Å². The van der Waals surface area contributed by atoms with E-state index in [-0.39, 0.29) is 25.5 Å². The highest BCUT2D eigenvalue weighted by Crippen LogP contribution is 1.86. The first-order chi connectivity index (χ1) is 7.60. The van der Waals surface area contributed by atoms with Crippen LogP contribution in [0.1, 0.15) is 19.8 Å². The lowest BCUT2D eigenvalue weighted by Crippen LogP contribution is -2.40. The summed E-state index contributed by atoms with van der Waals surface area (Å²) in [7, 11) is 0. The fourth-order valence-corrected chi connectivity index (χ4v) is 0.932. The first kappa shape index (κ1) is 14.5. The Hall–Kier alpha value is -1.47. The van der Waals surface area contributed by atoms with Crippen LogP contribution in [0.2, 0.25) is 0 Å². The van der Waals surface area contributed by atoms with Crippen LogP contribution in [0.4, 0.5) is 0 Å². The molecule has 0 unspecified atom stereocenters. The minimum atomic E-state index is -0.488. The summed E-state index contributed by atoms with van der Waals surface area (Å²) in [5.41, 5.74) is 0. The van der Waals surface area contributed by atoms with Crippen LogP contribution in [0.3, 0.4) is 0 Å². The maximum atomic E-state index is 11.1. The summed E-state index contributed by atoms with van der Waals surface area (Å²) in [5.74, 6) is 3.72. The fourth-order valence-electron chi connectivity index (χ4n) is 0.932. The van der Waals surface area contributed by atoms with Crippen LogP contribution in [0.25, 0.3) is 0 Å². The molecule has 0 atom stereocenters. The van der Waals surface area contributed by atoms with Gasteiger partial charge in [-0.3, -0.25) is 19.2 Å². The summed E-state index contributed by atoms with van der Waals surface area (Å²) in [4.78, 5) is 37.1. The molecule has 7 nitrogen and oxygen atoms in total. The van der Waals surface area contributed by atoms with Crippen molar-refractivity contribution in [2.75, 3.05) is 19.7 Å². The molecule has 0 saturated heterocycles. The molecule has 0 aromatic heterocycles. The second-order valence-corrected chi connectivity index (χ2v) is 3.15. The van der Waals surface area contributed by atoms with Gasteiger partial charge in [-0.2, -0.15) is 0 Å². The smallest absolute Gasteiger partial charge is 0.248 e. The summed E-state index contributed by atoms with van der Waals surface area (Å²) in [5, 5.41) is 4.66. The molecule has 92 valence electrons. The van der Waals surface area contributed by atoms with Crippen LogP contribution in [0, 0.1) is 0 Å². The van der Waals surface area contributed by atoms with Gasteiger partial charge in [0.1, 0.15) is 6.61 Å². The quantitative estimate of drug-likeness (QED) is 0.439. The Labute approximate surface area is 93.7 Å². The van der Waals surface area contributed by atoms with Crippen LogP contribution >= 0.6 is 0 Å². The maximum Gasteiger partial charge on any atom is 0.248 e. The molecule has 0 rings (SSSR count). The van der Waals surface area contributed by atoms with E-state index < -0.39 is 11.8 Å². The summed E-state index contributed by atoms with van der Waals surface area (Å²) in [6, 6.07) is 0. The lowest BCUT2D eigenvalue weighted by atomic mass is 10.2. The first-order valence-corrected chi connectivity index (χ1v) is 4.97. The van der Waals surface area contributed by atoms with Gasteiger partial charge in [-0.1, -0.05) is 6.92 Å². The van der Waals surface area contributed by atoms with E-state index in [2.05, 4.69) is 21.4 Å². The van der Waals surface area contributed by atoms with E-state index in [4.69, 9.17) is 0 Å². The second-order valence-electron chi connectivity index (χ2n) is 3.15. The van der Waals surface area contributed by atoms with Crippen molar-refractivity contribution in [3.05, 3.63) is 0 Å². The average Bonchev–Trinajstić information content (AvgIpc) is 2.24. The van der Waals surface area contributed by atoms with E-state index in [1.807, 2.05) is 6.92 Å². The molecule has 0 aromatic carbocycles. The molecule has 7 heteroatoms. The van der Waals surface area contributed by atoms with Gasteiger partial charge in [0, 0.05) is 6.42 Å². The predicted octanol–water partition coefficient (Wildman–Crippen LogP) is -1.52. The molecule has 16 heavy (non-hydrogen) atoms. The van der Waals surface area contributed by atoms with Gasteiger partial charge in [-0.05, 0) is 6.42 Å². The normalized spacial score (nSPS) is 9.62. The molecular formula is C9H17N3O4. The lowest BCUT2D eigenvalue weighted by Gasteiger charge is -2.05. The predicted molar refractivity (Wildman–Crippen MR) is 56.1 cm³/mol. The molecule has 0 radical (unpaired) electrons. The van der Waals surface area contributed by atoms with Gasteiger partial charge >= 0.3 is 0 Å². The van der Waals surface area contributed by atoms with E-state index in [9.17, 15) is 14.4 Å². The highest BCUT2D eigenvalue weighted by atomic mass is 16.6. The average molecular weight is 231 g/mol. The lowest BCUT2D eigenvalue weighted by molar-refractivity contribution is -0.129. The molecule has 0 aliphatic rings. The van der Waals surface area contributed by atoms with Crippen LogP contribution in [0.5, 0.6) is 0 Å². The van der Waals surface area contributed by atoms with Crippen LogP contribution in [-0.2, 0) is 19.2 Å². The number of carbonyl (C=O) groups is 3. The summed E-state index contributed by atoms with van der Waals surface area (Å²) >= 11 is 0. The molecule has 2 amide bonds. The molecule has 0 aliphatic carbocycles. The van der Waals surface area contributed by atoms with Gasteiger partial charge < -0.3 is 10.6 Å². The van der Waals surface area contributed by atoms with Crippen molar-refractivity contribution in [1.82, 2.24) is 10.6 Å². The van der Waals surface area contributed by atoms with E-state index in [1.165, 1.54) is 0 Å². The van der Waals surface area contributed by atoms with Crippen LogP contribution in [-0.4, -0.2) is 37.3 Å². The summed E-state index contributed by atoms with van der Waals surface area (Å²) < 4.78 is 0. The Bertz CT molecular complexity index is 231. The monoisotopic (exact) mass is 231 g/mol. The van der Waals surface area contributed by atoms with Crippen molar-refractivity contribution in [3.8, 4) is 0 Å². The number of hydrogen-bond acceptors (Lipinski definition) is 5. The Balaban J connectivity index is 3.59. The van der Waals surface area contributed by atoms with E-state index in [0.717, 1.165) is 6.42 Å². The highest BCUT2D eigenvalue weighted by molar-refractivity contribution is 5.89. The number of hydrogen-bond donors (Lipinski definition) is 3. The Morgan fingerprint density at radius 1 is 1.12 bits per heavy atom. The van der Waals surface area contributed by atoms with Crippen molar-refractivity contribution in [3.63, 3.8) is 0 Å². The van der Waals surface area contributed by atoms with Crippen molar-refractivity contribution in [1.29, 1.82) is 0 Å². The van der Waals surface area contributed by atoms with E-state index >= 15 is 0 Å². The molecule has 0 saturated carbocycles. The van der Waals surface area contributed by atoms with Crippen molar-refractivity contribution >= 4 is 17.6 Å². The maximum absolute atomic E-state index is 11.1. The fraction of sp³-hybridized carbons (Fsp3) is 0.667. The number of carbonyl (C=O) groups excluding carboxylic acids is 3. The zero-order valence-corrected chi connectivity index (χ0v) is 9.25. The van der Waals surface area contributed by atoms with Gasteiger partial charge in [0.2, 0.25) is 11.8 Å².